The van der Waals surface area contributed by atoms with Gasteiger partial charge in [-0.15, -0.1) is 12.4 Å². The van der Waals surface area contributed by atoms with Crippen LogP contribution in [-0.2, 0) is 30.7 Å². The molecule has 0 fully saturated rings. The van der Waals surface area contributed by atoms with E-state index in [1.54, 1.807) is 34.7 Å². The highest BCUT2D eigenvalue weighted by Gasteiger charge is 2.22. The van der Waals surface area contributed by atoms with E-state index in [9.17, 15) is 14.7 Å². The Morgan fingerprint density at radius 1 is 0.704 bits per heavy atom. The maximum atomic E-state index is 12.8. The van der Waals surface area contributed by atoms with E-state index < -0.39 is 0 Å². The van der Waals surface area contributed by atoms with Gasteiger partial charge in [0.05, 0.1) is 28.4 Å². The number of aliphatic hydroxyl groups excluding tert-OH is 1. The predicted molar refractivity (Wildman–Crippen MR) is 216 cm³/mol. The van der Waals surface area contributed by atoms with E-state index in [1.807, 2.05) is 66.7 Å². The summed E-state index contributed by atoms with van der Waals surface area (Å²) in [5, 5.41) is 10.6. The summed E-state index contributed by atoms with van der Waals surface area (Å²) < 4.78 is 8.75. The van der Waals surface area contributed by atoms with Crippen LogP contribution in [0.15, 0.2) is 94.8 Å². The van der Waals surface area contributed by atoms with Crippen molar-refractivity contribution in [2.45, 2.75) is 53.6 Å². The fourth-order valence-electron chi connectivity index (χ4n) is 6.48. The minimum Gasteiger partial charge on any atom is -0.396 e. The molecule has 10 nitrogen and oxygen atoms in total. The minimum absolute atomic E-state index is 0. The molecule has 0 amide bonds. The van der Waals surface area contributed by atoms with Gasteiger partial charge < -0.3 is 9.84 Å². The van der Waals surface area contributed by atoms with E-state index in [0.717, 1.165) is 47.7 Å². The van der Waals surface area contributed by atoms with Crippen LogP contribution >= 0.6 is 12.4 Å². The Bertz CT molecular complexity index is 2460. The van der Waals surface area contributed by atoms with Crippen molar-refractivity contribution in [3.05, 3.63) is 140 Å². The zero-order chi connectivity index (χ0) is 35.2. The zero-order valence-corrected chi connectivity index (χ0v) is 29.5. The number of aliphatic hydroxyl groups is 1. The van der Waals surface area contributed by atoms with Crippen LogP contribution in [0.5, 0.6) is 0 Å². The van der Waals surface area contributed by atoms with Gasteiger partial charge in [0.2, 0.25) is 0 Å². The van der Waals surface area contributed by atoms with E-state index in [1.165, 1.54) is 0 Å². The van der Waals surface area contributed by atoms with Crippen molar-refractivity contribution in [3.8, 4) is 23.7 Å². The first-order valence-corrected chi connectivity index (χ1v) is 17.0. The lowest BCUT2D eigenvalue weighted by molar-refractivity contribution is 0.130. The third-order valence-corrected chi connectivity index (χ3v) is 9.16. The summed E-state index contributed by atoms with van der Waals surface area (Å²) in [4.78, 5) is 43.3. The second-order valence-electron chi connectivity index (χ2n) is 12.7. The molecule has 0 saturated heterocycles. The standard InChI is InChI=1S/C21H19N3O2.C20H17N3O2.2CH4.ClH/c1-26-14-16-7-10-20-23-19-12-15(5-8-17-4-2-3-11-22-17)6-9-18(19)21(25)24(20)13-16;24-13-15-6-9-19-22-18-11-14(4-7-16-3-1-2-10-21-16)5-8-17(18)20(25)23(19)12-15;;;/h2-4,6,9,11-12,16H,7,10,13-14H2,1H3;1-3,5,8,10-11,15,24H,6,9,12-13H2;2*1H4;1H. The summed E-state index contributed by atoms with van der Waals surface area (Å²) >= 11 is 0. The van der Waals surface area contributed by atoms with Crippen LogP contribution in [-0.4, -0.2) is 54.5 Å². The second-order valence-corrected chi connectivity index (χ2v) is 12.7. The SMILES string of the molecule is C.C.COCC1CCc2nc3cc(C#Cc4ccccn4)ccc3c(=O)n2C1.Cl.O=c1c2ccc(C#Cc3ccccn3)cc2nc2n1CC(CO)CC2. The zero-order valence-electron chi connectivity index (χ0n) is 28.7. The number of aryl methyl sites for hydroxylation is 2. The van der Waals surface area contributed by atoms with E-state index in [4.69, 9.17) is 9.72 Å². The molecule has 0 saturated carbocycles. The summed E-state index contributed by atoms with van der Waals surface area (Å²) in [5.41, 5.74) is 4.42. The number of nitrogens with zero attached hydrogens (tertiary/aromatic N) is 6. The third-order valence-electron chi connectivity index (χ3n) is 9.16. The lowest BCUT2D eigenvalue weighted by atomic mass is 9.99. The summed E-state index contributed by atoms with van der Waals surface area (Å²) in [6.07, 6.45) is 6.77. The molecule has 0 radical (unpaired) electrons. The smallest absolute Gasteiger partial charge is 0.261 e. The molecule has 2 aliphatic rings. The molecule has 1 N–H and O–H groups in total. The number of hydrogen-bond donors (Lipinski definition) is 1. The second kappa shape index (κ2) is 18.9. The molecule has 2 aromatic carbocycles. The minimum atomic E-state index is -0.0395. The normalized spacial score (nSPS) is 15.1. The topological polar surface area (TPSA) is 125 Å². The summed E-state index contributed by atoms with van der Waals surface area (Å²) in [7, 11) is 1.70. The van der Waals surface area contributed by atoms with Gasteiger partial charge in [-0.05, 0) is 85.3 Å². The molecule has 0 spiro atoms. The molecule has 2 aliphatic heterocycles. The van der Waals surface area contributed by atoms with Crippen molar-refractivity contribution in [1.82, 2.24) is 29.1 Å². The van der Waals surface area contributed by atoms with E-state index >= 15 is 0 Å². The largest absolute Gasteiger partial charge is 0.396 e. The van der Waals surface area contributed by atoms with Crippen molar-refractivity contribution < 1.29 is 9.84 Å². The average molecular weight is 745 g/mol. The van der Waals surface area contributed by atoms with Crippen molar-refractivity contribution in [1.29, 1.82) is 0 Å². The Kier molecular flexibility index (Phi) is 14.4. The summed E-state index contributed by atoms with van der Waals surface area (Å²) in [6, 6.07) is 22.3. The number of methoxy groups -OCH3 is 1. The van der Waals surface area contributed by atoms with Gasteiger partial charge in [-0.3, -0.25) is 18.7 Å². The number of pyridine rings is 2. The van der Waals surface area contributed by atoms with Crippen LogP contribution in [0.25, 0.3) is 21.8 Å². The van der Waals surface area contributed by atoms with Gasteiger partial charge in [0.15, 0.2) is 0 Å². The fraction of sp³-hybridized carbons (Fsp3) is 0.302. The Labute approximate surface area is 321 Å². The highest BCUT2D eigenvalue weighted by atomic mass is 35.5. The van der Waals surface area contributed by atoms with Gasteiger partial charge in [0, 0.05) is 75.0 Å². The van der Waals surface area contributed by atoms with Crippen LogP contribution in [0.2, 0.25) is 0 Å². The highest BCUT2D eigenvalue weighted by Crippen LogP contribution is 2.21. The number of hydrogen-bond acceptors (Lipinski definition) is 8. The highest BCUT2D eigenvalue weighted by molar-refractivity contribution is 5.85. The lowest BCUT2D eigenvalue weighted by Gasteiger charge is -2.25. The summed E-state index contributed by atoms with van der Waals surface area (Å²) in [5.74, 6) is 14.4. The average Bonchev–Trinajstić information content (AvgIpc) is 3.17. The monoisotopic (exact) mass is 744 g/mol. The van der Waals surface area contributed by atoms with Crippen molar-refractivity contribution >= 4 is 34.2 Å². The maximum absolute atomic E-state index is 12.8. The van der Waals surface area contributed by atoms with E-state index in [0.29, 0.717) is 59.5 Å². The number of fused-ring (bicyclic) bond motifs is 4. The molecule has 8 rings (SSSR count). The van der Waals surface area contributed by atoms with Gasteiger partial charge in [0.1, 0.15) is 23.0 Å². The third kappa shape index (κ3) is 9.28. The van der Waals surface area contributed by atoms with Crippen molar-refractivity contribution in [3.63, 3.8) is 0 Å². The number of rotatable bonds is 3. The number of halogens is 1. The first kappa shape index (κ1) is 41.1. The van der Waals surface area contributed by atoms with Crippen LogP contribution < -0.4 is 11.1 Å². The van der Waals surface area contributed by atoms with Gasteiger partial charge >= 0.3 is 0 Å². The Morgan fingerprint density at radius 2 is 1.19 bits per heavy atom. The number of ether oxygens (including phenoxy) is 1. The molecular formula is C43H45ClN6O4. The molecule has 54 heavy (non-hydrogen) atoms. The molecule has 2 unspecified atom stereocenters. The first-order chi connectivity index (χ1) is 25.0. The number of benzene rings is 2. The van der Waals surface area contributed by atoms with Crippen LogP contribution in [0.1, 0.15) is 61.9 Å². The Hall–Kier alpha value is -5.65. The molecule has 6 aromatic rings. The molecule has 4 aromatic heterocycles. The predicted octanol–water partition coefficient (Wildman–Crippen LogP) is 5.84. The lowest BCUT2D eigenvalue weighted by Crippen LogP contribution is -2.34. The molecule has 6 heterocycles. The Morgan fingerprint density at radius 3 is 1.63 bits per heavy atom. The van der Waals surface area contributed by atoms with Crippen LogP contribution in [0.3, 0.4) is 0 Å². The van der Waals surface area contributed by atoms with Gasteiger partial charge in [-0.1, -0.05) is 38.8 Å². The quantitative estimate of drug-likeness (QED) is 0.224. The van der Waals surface area contributed by atoms with E-state index in [-0.39, 0.29) is 50.9 Å². The van der Waals surface area contributed by atoms with E-state index in [2.05, 4.69) is 38.6 Å². The molecular weight excluding hydrogens is 700 g/mol. The summed E-state index contributed by atoms with van der Waals surface area (Å²) in [6.45, 7) is 1.99. The maximum Gasteiger partial charge on any atom is 0.261 e. The van der Waals surface area contributed by atoms with Gasteiger partial charge in [-0.2, -0.15) is 0 Å². The van der Waals surface area contributed by atoms with Gasteiger partial charge in [-0.25, -0.2) is 19.9 Å². The van der Waals surface area contributed by atoms with Crippen molar-refractivity contribution in [2.24, 2.45) is 11.8 Å². The Balaban J connectivity index is 0.000000228. The van der Waals surface area contributed by atoms with Gasteiger partial charge in [0.25, 0.3) is 11.1 Å². The van der Waals surface area contributed by atoms with Crippen LogP contribution in [0, 0.1) is 35.5 Å². The first-order valence-electron chi connectivity index (χ1n) is 17.0. The number of aromatic nitrogens is 6. The molecule has 11 heteroatoms. The molecule has 2 atom stereocenters. The fourth-order valence-corrected chi connectivity index (χ4v) is 6.48. The molecule has 0 bridgehead atoms. The van der Waals surface area contributed by atoms with Crippen molar-refractivity contribution in [2.75, 3.05) is 20.3 Å². The molecule has 0 aliphatic carbocycles. The molecule has 278 valence electrons. The van der Waals surface area contributed by atoms with Crippen LogP contribution in [0.4, 0.5) is 0 Å².